The Morgan fingerprint density at radius 3 is 2.63 bits per heavy atom. The maximum atomic E-state index is 11.6. The van der Waals surface area contributed by atoms with Gasteiger partial charge >= 0.3 is 0 Å². The smallest absolute Gasteiger partial charge is 0.277 e. The van der Waals surface area contributed by atoms with Crippen molar-refractivity contribution in [1.82, 2.24) is 9.97 Å². The lowest BCUT2D eigenvalue weighted by Gasteiger charge is -2.09. The van der Waals surface area contributed by atoms with Crippen LogP contribution >= 0.6 is 0 Å². The largest absolute Gasteiger partial charge is 0.360 e. The molecular formula is C13H25N5O. The summed E-state index contributed by atoms with van der Waals surface area (Å²) in [6.45, 7) is 12.8. The number of hydrogen-bond acceptors (Lipinski definition) is 5. The van der Waals surface area contributed by atoms with Crippen molar-refractivity contribution in [2.45, 2.75) is 27.7 Å². The molecule has 0 bridgehead atoms. The molecule has 3 N–H and O–H groups in total. The molecule has 0 saturated carbocycles. The van der Waals surface area contributed by atoms with Gasteiger partial charge in [0.25, 0.3) is 5.56 Å². The van der Waals surface area contributed by atoms with E-state index in [9.17, 15) is 4.79 Å². The van der Waals surface area contributed by atoms with E-state index in [1.165, 1.54) is 0 Å². The van der Waals surface area contributed by atoms with Gasteiger partial charge in [0.05, 0.1) is 6.67 Å². The summed E-state index contributed by atoms with van der Waals surface area (Å²) < 4.78 is 0. The Hall–Kier alpha value is -1.98. The van der Waals surface area contributed by atoms with Crippen molar-refractivity contribution in [3.8, 4) is 0 Å². The molecule has 108 valence electrons. The van der Waals surface area contributed by atoms with Crippen LogP contribution in [0.15, 0.2) is 17.4 Å². The second-order valence-corrected chi connectivity index (χ2v) is 3.32. The van der Waals surface area contributed by atoms with Gasteiger partial charge in [0.2, 0.25) is 5.95 Å². The highest BCUT2D eigenvalue weighted by molar-refractivity contribution is 5.70. The molecule has 6 nitrogen and oxygen atoms in total. The van der Waals surface area contributed by atoms with Gasteiger partial charge < -0.3 is 15.5 Å². The second-order valence-electron chi connectivity index (χ2n) is 3.32. The van der Waals surface area contributed by atoms with Crippen molar-refractivity contribution < 1.29 is 0 Å². The molecule has 1 aliphatic heterocycles. The first-order chi connectivity index (χ1) is 9.22. The number of nitrogens with one attached hydrogen (secondary N) is 3. The number of hydrogen-bond donors (Lipinski definition) is 3. The van der Waals surface area contributed by atoms with E-state index in [2.05, 4.69) is 27.2 Å². The van der Waals surface area contributed by atoms with Crippen molar-refractivity contribution in [1.29, 1.82) is 0 Å². The number of aromatic amines is 1. The first-order valence-electron chi connectivity index (χ1n) is 6.66. The minimum absolute atomic E-state index is 0.157. The quantitative estimate of drug-likeness (QED) is 0.732. The third-order valence-electron chi connectivity index (χ3n) is 2.17. The third-order valence-corrected chi connectivity index (χ3v) is 2.17. The highest BCUT2D eigenvalue weighted by Gasteiger charge is 2.20. The Balaban J connectivity index is 0.000000741. The summed E-state index contributed by atoms with van der Waals surface area (Å²) in [5.41, 5.74) is 0.373. The standard InChI is InChI=1S/C9H13N5O.2C2H6/c1-3-4-10-9-12-7-6(8(15)13-9)11-5-14(7)2;2*1-2/h3,11H,1,4-5H2,2H3,(H2,10,12,13,15);2*1-2H3. The van der Waals surface area contributed by atoms with E-state index in [0.717, 1.165) is 0 Å². The van der Waals surface area contributed by atoms with E-state index < -0.39 is 0 Å². The summed E-state index contributed by atoms with van der Waals surface area (Å²) in [4.78, 5) is 20.4. The molecule has 1 aromatic heterocycles. The van der Waals surface area contributed by atoms with Crippen LogP contribution in [0.1, 0.15) is 27.7 Å². The van der Waals surface area contributed by atoms with Crippen LogP contribution in [-0.2, 0) is 0 Å². The highest BCUT2D eigenvalue weighted by atomic mass is 16.1. The number of fused-ring (bicyclic) bond motifs is 1. The lowest BCUT2D eigenvalue weighted by Crippen LogP contribution is -2.17. The van der Waals surface area contributed by atoms with Crippen molar-refractivity contribution in [3.05, 3.63) is 23.0 Å². The number of aromatic nitrogens is 2. The van der Waals surface area contributed by atoms with E-state index in [0.29, 0.717) is 30.7 Å². The van der Waals surface area contributed by atoms with Gasteiger partial charge in [-0.25, -0.2) is 0 Å². The molecule has 0 aliphatic carbocycles. The van der Waals surface area contributed by atoms with E-state index in [1.807, 2.05) is 39.6 Å². The molecule has 1 aliphatic rings. The number of nitrogens with zero attached hydrogens (tertiary/aromatic N) is 2. The fraction of sp³-hybridized carbons (Fsp3) is 0.538. The molecule has 1 aromatic rings. The van der Waals surface area contributed by atoms with Crippen LogP contribution in [0.2, 0.25) is 0 Å². The minimum atomic E-state index is -0.157. The van der Waals surface area contributed by atoms with Crippen molar-refractivity contribution in [2.24, 2.45) is 0 Å². The highest BCUT2D eigenvalue weighted by Crippen LogP contribution is 2.23. The molecular weight excluding hydrogens is 242 g/mol. The van der Waals surface area contributed by atoms with Crippen LogP contribution in [0.5, 0.6) is 0 Å². The first-order valence-corrected chi connectivity index (χ1v) is 6.66. The maximum absolute atomic E-state index is 11.6. The van der Waals surface area contributed by atoms with Gasteiger partial charge in [0.1, 0.15) is 5.69 Å². The zero-order valence-corrected chi connectivity index (χ0v) is 12.5. The predicted molar refractivity (Wildman–Crippen MR) is 83.1 cm³/mol. The Morgan fingerprint density at radius 2 is 2.05 bits per heavy atom. The van der Waals surface area contributed by atoms with E-state index in [4.69, 9.17) is 0 Å². The molecule has 0 atom stereocenters. The molecule has 0 aromatic carbocycles. The molecule has 0 fully saturated rings. The lowest BCUT2D eigenvalue weighted by molar-refractivity contribution is 0.997. The molecule has 6 heteroatoms. The average Bonchev–Trinajstić information content (AvgIpc) is 2.83. The SMILES string of the molecule is C=CCNc1nc2c(c(=O)[nH]1)NCN2C.CC.CC. The van der Waals surface area contributed by atoms with Crippen LogP contribution in [0.25, 0.3) is 0 Å². The summed E-state index contributed by atoms with van der Waals surface area (Å²) in [7, 11) is 1.88. The van der Waals surface area contributed by atoms with Crippen LogP contribution < -0.4 is 21.1 Å². The Kier molecular flexibility index (Phi) is 8.08. The summed E-state index contributed by atoms with van der Waals surface area (Å²) in [6.07, 6.45) is 1.70. The van der Waals surface area contributed by atoms with E-state index in [1.54, 1.807) is 6.08 Å². The molecule has 0 radical (unpaired) electrons. The third kappa shape index (κ3) is 4.31. The van der Waals surface area contributed by atoms with Gasteiger partial charge in [0, 0.05) is 13.6 Å². The Morgan fingerprint density at radius 1 is 1.42 bits per heavy atom. The number of rotatable bonds is 3. The molecule has 19 heavy (non-hydrogen) atoms. The van der Waals surface area contributed by atoms with Crippen LogP contribution in [-0.4, -0.2) is 30.2 Å². The molecule has 0 spiro atoms. The maximum Gasteiger partial charge on any atom is 0.277 e. The van der Waals surface area contributed by atoms with Gasteiger partial charge in [-0.3, -0.25) is 9.78 Å². The Bertz CT molecular complexity index is 441. The first kappa shape index (κ1) is 17.0. The summed E-state index contributed by atoms with van der Waals surface area (Å²) >= 11 is 0. The molecule has 2 rings (SSSR count). The molecule has 2 heterocycles. The van der Waals surface area contributed by atoms with Gasteiger partial charge in [-0.05, 0) is 0 Å². The van der Waals surface area contributed by atoms with E-state index in [-0.39, 0.29) is 5.56 Å². The van der Waals surface area contributed by atoms with Crippen molar-refractivity contribution in [2.75, 3.05) is 35.8 Å². The molecule has 0 unspecified atom stereocenters. The normalized spacial score (nSPS) is 11.1. The zero-order valence-electron chi connectivity index (χ0n) is 12.5. The lowest BCUT2D eigenvalue weighted by atomic mass is 10.5. The van der Waals surface area contributed by atoms with Crippen molar-refractivity contribution >= 4 is 17.5 Å². The van der Waals surface area contributed by atoms with Gasteiger partial charge in [-0.1, -0.05) is 33.8 Å². The molecule has 0 saturated heterocycles. The topological polar surface area (TPSA) is 73.0 Å². The number of anilines is 3. The van der Waals surface area contributed by atoms with Crippen LogP contribution in [0.4, 0.5) is 17.5 Å². The van der Waals surface area contributed by atoms with Gasteiger partial charge in [0.15, 0.2) is 5.82 Å². The Labute approximate surface area is 114 Å². The summed E-state index contributed by atoms with van der Waals surface area (Å²) in [6, 6.07) is 0. The van der Waals surface area contributed by atoms with Gasteiger partial charge in [-0.2, -0.15) is 4.98 Å². The average molecular weight is 267 g/mol. The summed E-state index contributed by atoms with van der Waals surface area (Å²) in [5.74, 6) is 1.14. The summed E-state index contributed by atoms with van der Waals surface area (Å²) in [5, 5.41) is 5.92. The van der Waals surface area contributed by atoms with Crippen molar-refractivity contribution in [3.63, 3.8) is 0 Å². The fourth-order valence-electron chi connectivity index (χ4n) is 1.42. The van der Waals surface area contributed by atoms with Gasteiger partial charge in [-0.15, -0.1) is 6.58 Å². The zero-order chi connectivity index (χ0) is 14.8. The van der Waals surface area contributed by atoms with Crippen LogP contribution in [0.3, 0.4) is 0 Å². The fourth-order valence-corrected chi connectivity index (χ4v) is 1.42. The van der Waals surface area contributed by atoms with Crippen LogP contribution in [0, 0.1) is 0 Å². The predicted octanol–water partition coefficient (Wildman–Crippen LogP) is 2.24. The monoisotopic (exact) mass is 267 g/mol. The van der Waals surface area contributed by atoms with E-state index >= 15 is 0 Å². The minimum Gasteiger partial charge on any atom is -0.360 e. The number of H-pyrrole nitrogens is 1. The molecule has 0 amide bonds. The second kappa shape index (κ2) is 9.02.